The third-order valence-corrected chi connectivity index (χ3v) is 7.43. The predicted molar refractivity (Wildman–Crippen MR) is 160 cm³/mol. The summed E-state index contributed by atoms with van der Waals surface area (Å²) in [6.45, 7) is 5.69. The number of benzene rings is 1. The maximum Gasteiger partial charge on any atom is 0.242 e. The molecule has 3 aromatic rings. The molecule has 2 atom stereocenters. The third-order valence-electron chi connectivity index (χ3n) is 7.43. The molecule has 0 radical (unpaired) electrons. The number of nitrogens with one attached hydrogen (secondary N) is 3. The zero-order chi connectivity index (χ0) is 30.4. The van der Waals surface area contributed by atoms with Crippen LogP contribution in [0.1, 0.15) is 50.1 Å². The van der Waals surface area contributed by atoms with Gasteiger partial charge in [-0.3, -0.25) is 14.4 Å². The fourth-order valence-corrected chi connectivity index (χ4v) is 5.40. The lowest BCUT2D eigenvalue weighted by atomic mass is 9.95. The molecule has 3 N–H and O–H groups in total. The number of rotatable bonds is 11. The molecule has 4 rings (SSSR count). The van der Waals surface area contributed by atoms with E-state index in [0.717, 1.165) is 16.9 Å². The molecule has 0 aliphatic heterocycles. The van der Waals surface area contributed by atoms with Crippen molar-refractivity contribution in [3.05, 3.63) is 69.8 Å². The summed E-state index contributed by atoms with van der Waals surface area (Å²) in [5.74, 6) is 1.67. The Hall–Kier alpha value is -4.47. The van der Waals surface area contributed by atoms with Crippen LogP contribution in [0.3, 0.4) is 0 Å². The second kappa shape index (κ2) is 13.5. The minimum absolute atomic E-state index is 0.110. The highest BCUT2D eigenvalue weighted by atomic mass is 16.5. The van der Waals surface area contributed by atoms with Crippen molar-refractivity contribution in [3.8, 4) is 28.4 Å². The Kier molecular flexibility index (Phi) is 9.77. The maximum absolute atomic E-state index is 13.7. The van der Waals surface area contributed by atoms with Gasteiger partial charge < -0.3 is 34.6 Å². The van der Waals surface area contributed by atoms with Crippen LogP contribution in [0.15, 0.2) is 51.9 Å². The van der Waals surface area contributed by atoms with Gasteiger partial charge in [0.25, 0.3) is 0 Å². The minimum atomic E-state index is -0.658. The van der Waals surface area contributed by atoms with Crippen LogP contribution in [-0.4, -0.2) is 45.7 Å². The summed E-state index contributed by atoms with van der Waals surface area (Å²) in [5.41, 5.74) is 3.03. The predicted octanol–water partition coefficient (Wildman–Crippen LogP) is 4.25. The van der Waals surface area contributed by atoms with Gasteiger partial charge in [-0.15, -0.1) is 0 Å². The van der Waals surface area contributed by atoms with E-state index >= 15 is 0 Å². The molecule has 42 heavy (non-hydrogen) atoms. The average molecular weight is 578 g/mol. The van der Waals surface area contributed by atoms with E-state index in [-0.39, 0.29) is 28.8 Å². The molecule has 2 aromatic carbocycles. The Labute approximate surface area is 245 Å². The molecule has 1 aliphatic carbocycles. The van der Waals surface area contributed by atoms with Gasteiger partial charge in [0.05, 0.1) is 39.3 Å². The van der Waals surface area contributed by atoms with Crippen molar-refractivity contribution in [1.29, 1.82) is 0 Å². The zero-order valence-corrected chi connectivity index (χ0v) is 25.0. The van der Waals surface area contributed by atoms with E-state index in [0.29, 0.717) is 54.2 Å². The number of ether oxygens (including phenoxy) is 3. The lowest BCUT2D eigenvalue weighted by molar-refractivity contribution is -0.122. The first kappa shape index (κ1) is 30.5. The number of carbonyl (C=O) groups excluding carboxylic acids is 2. The highest BCUT2D eigenvalue weighted by molar-refractivity contribution is 5.86. The Balaban J connectivity index is 1.77. The van der Waals surface area contributed by atoms with Gasteiger partial charge in [-0.25, -0.2) is 0 Å². The molecular formula is C32H39N3O7. The summed E-state index contributed by atoms with van der Waals surface area (Å²) in [5, 5.41) is 9.13. The van der Waals surface area contributed by atoms with Crippen LogP contribution in [-0.2, 0) is 22.4 Å². The van der Waals surface area contributed by atoms with Gasteiger partial charge in [-0.05, 0) is 65.8 Å². The number of hydrogen-bond acceptors (Lipinski definition) is 8. The number of methoxy groups -OCH3 is 3. The molecule has 0 unspecified atom stereocenters. The molecule has 0 bridgehead atoms. The zero-order valence-electron chi connectivity index (χ0n) is 25.0. The van der Waals surface area contributed by atoms with E-state index in [4.69, 9.17) is 18.6 Å². The van der Waals surface area contributed by atoms with Crippen LogP contribution >= 0.6 is 0 Å². The highest BCUT2D eigenvalue weighted by Gasteiger charge is 2.30. The third kappa shape index (κ3) is 6.53. The minimum Gasteiger partial charge on any atom is -0.493 e. The number of anilines is 1. The van der Waals surface area contributed by atoms with Gasteiger partial charge in [0.2, 0.25) is 23.0 Å². The number of aryl methyl sites for hydroxylation is 1. The molecule has 0 saturated carbocycles. The molecule has 1 aromatic heterocycles. The van der Waals surface area contributed by atoms with Gasteiger partial charge in [-0.2, -0.15) is 0 Å². The highest BCUT2D eigenvalue weighted by Crippen LogP contribution is 2.50. The monoisotopic (exact) mass is 577 g/mol. The van der Waals surface area contributed by atoms with E-state index in [1.165, 1.54) is 13.0 Å². The Morgan fingerprint density at radius 2 is 1.81 bits per heavy atom. The van der Waals surface area contributed by atoms with Gasteiger partial charge in [-0.1, -0.05) is 19.9 Å². The van der Waals surface area contributed by atoms with E-state index in [2.05, 4.69) is 16.0 Å². The lowest BCUT2D eigenvalue weighted by Gasteiger charge is -2.22. The van der Waals surface area contributed by atoms with E-state index < -0.39 is 12.1 Å². The largest absolute Gasteiger partial charge is 0.493 e. The van der Waals surface area contributed by atoms with Crippen molar-refractivity contribution in [3.63, 3.8) is 0 Å². The summed E-state index contributed by atoms with van der Waals surface area (Å²) in [6.07, 6.45) is 3.31. The van der Waals surface area contributed by atoms with Crippen LogP contribution in [0.4, 0.5) is 5.69 Å². The molecule has 2 amide bonds. The number of fused-ring (bicyclic) bond motifs is 3. The molecule has 0 spiro atoms. The van der Waals surface area contributed by atoms with Crippen LogP contribution < -0.4 is 35.6 Å². The van der Waals surface area contributed by atoms with Crippen molar-refractivity contribution in [2.24, 2.45) is 5.92 Å². The smallest absolute Gasteiger partial charge is 0.242 e. The molecule has 0 saturated heterocycles. The summed E-state index contributed by atoms with van der Waals surface area (Å²) in [7, 11) is 4.66. The summed E-state index contributed by atoms with van der Waals surface area (Å²) in [6, 6.07) is 9.54. The Morgan fingerprint density at radius 1 is 1.05 bits per heavy atom. The van der Waals surface area contributed by atoms with E-state index in [1.807, 2.05) is 32.0 Å². The van der Waals surface area contributed by atoms with E-state index in [1.54, 1.807) is 39.7 Å². The Bertz CT molecular complexity index is 1480. The van der Waals surface area contributed by atoms with Gasteiger partial charge in [0, 0.05) is 25.5 Å². The van der Waals surface area contributed by atoms with Gasteiger partial charge in [0.15, 0.2) is 11.5 Å². The van der Waals surface area contributed by atoms with Crippen LogP contribution in [0.25, 0.3) is 11.1 Å². The lowest BCUT2D eigenvalue weighted by Crippen LogP contribution is -2.44. The molecular weight excluding hydrogens is 538 g/mol. The van der Waals surface area contributed by atoms with Crippen LogP contribution in [0.5, 0.6) is 17.2 Å². The molecule has 224 valence electrons. The topological polar surface area (TPSA) is 128 Å². The molecule has 10 nitrogen and oxygen atoms in total. The first-order valence-corrected chi connectivity index (χ1v) is 14.0. The van der Waals surface area contributed by atoms with Crippen LogP contribution in [0.2, 0.25) is 0 Å². The molecule has 1 heterocycles. The van der Waals surface area contributed by atoms with Crippen LogP contribution in [0, 0.1) is 5.92 Å². The molecule has 1 aliphatic rings. The van der Waals surface area contributed by atoms with Crippen molar-refractivity contribution in [1.82, 2.24) is 10.6 Å². The average Bonchev–Trinajstić information content (AvgIpc) is 3.37. The quantitative estimate of drug-likeness (QED) is 0.309. The SMILES string of the molecule is COc1cc2c(c(OC)c1OC)-c1ccc(N[C@H](C(=O)NCCc3ccco3)C(C)C)c(=O)cc1[C@@H](NC(C)=O)CC2. The first-order chi connectivity index (χ1) is 20.2. The summed E-state index contributed by atoms with van der Waals surface area (Å²) >= 11 is 0. The van der Waals surface area contributed by atoms with Gasteiger partial charge in [0.1, 0.15) is 11.8 Å². The van der Waals surface area contributed by atoms with E-state index in [9.17, 15) is 14.4 Å². The number of furan rings is 1. The molecule has 0 fully saturated rings. The standard InChI is InChI=1S/C32H39N3O7/c1-18(2)29(32(38)33-14-13-21-8-7-15-42-21)35-25-12-10-22-23(17-26(25)37)24(34-19(3)36)11-9-20-16-27(39-4)30(40-5)31(41-6)28(20)22/h7-8,10,12,15-18,24,29H,9,11,13-14H2,1-6H3,(H,33,38)(H,34,36)(H,35,37)/t24-,29-/m0/s1. The number of hydrogen-bond donors (Lipinski definition) is 3. The van der Waals surface area contributed by atoms with Crippen molar-refractivity contribution in [2.45, 2.75) is 52.1 Å². The Morgan fingerprint density at radius 3 is 2.43 bits per heavy atom. The maximum atomic E-state index is 13.7. The fourth-order valence-electron chi connectivity index (χ4n) is 5.40. The first-order valence-electron chi connectivity index (χ1n) is 14.0. The fraction of sp³-hybridized carbons (Fsp3) is 0.406. The van der Waals surface area contributed by atoms with Crippen molar-refractivity contribution in [2.75, 3.05) is 33.2 Å². The molecule has 10 heteroatoms. The summed E-state index contributed by atoms with van der Waals surface area (Å²) in [4.78, 5) is 39.0. The van der Waals surface area contributed by atoms with Crippen molar-refractivity contribution >= 4 is 17.5 Å². The normalized spacial score (nSPS) is 14.6. The second-order valence-corrected chi connectivity index (χ2v) is 10.6. The number of carbonyl (C=O) groups is 2. The number of amides is 2. The summed E-state index contributed by atoms with van der Waals surface area (Å²) < 4.78 is 22.4. The second-order valence-electron chi connectivity index (χ2n) is 10.6. The van der Waals surface area contributed by atoms with Crippen molar-refractivity contribution < 1.29 is 28.2 Å². The van der Waals surface area contributed by atoms with Gasteiger partial charge >= 0.3 is 0 Å².